The smallest absolute Gasteiger partial charge is 0.128 e. The molecule has 0 amide bonds. The molecule has 0 spiro atoms. The minimum Gasteiger partial charge on any atom is -0.392 e. The Balaban J connectivity index is 2.88. The minimum atomic E-state index is -0.265. The van der Waals surface area contributed by atoms with Gasteiger partial charge in [-0.1, -0.05) is 6.92 Å². The highest BCUT2D eigenvalue weighted by molar-refractivity contribution is 4.84. The van der Waals surface area contributed by atoms with Crippen LogP contribution in [0.4, 0.5) is 0 Å². The first kappa shape index (κ1) is 9.96. The highest BCUT2D eigenvalue weighted by atomic mass is 16.5. The summed E-state index contributed by atoms with van der Waals surface area (Å²) in [5.74, 6) is 0.140. The van der Waals surface area contributed by atoms with Crippen LogP contribution in [-0.4, -0.2) is 40.2 Å². The van der Waals surface area contributed by atoms with Crippen molar-refractivity contribution in [3.05, 3.63) is 0 Å². The number of piperidine rings is 1. The van der Waals surface area contributed by atoms with Gasteiger partial charge in [0.2, 0.25) is 0 Å². The lowest BCUT2D eigenvalue weighted by molar-refractivity contribution is -1.13. The molecular weight excluding hydrogens is 154 g/mol. The fourth-order valence-electron chi connectivity index (χ4n) is 1.83. The van der Waals surface area contributed by atoms with Gasteiger partial charge in [0.05, 0.1) is 13.2 Å². The molecule has 3 heteroatoms. The summed E-state index contributed by atoms with van der Waals surface area (Å²) in [4.78, 5) is 0. The Morgan fingerprint density at radius 1 is 1.42 bits per heavy atom. The second-order valence-electron chi connectivity index (χ2n) is 4.66. The van der Waals surface area contributed by atoms with E-state index in [1.807, 2.05) is 27.8 Å². The van der Waals surface area contributed by atoms with E-state index in [4.69, 9.17) is 0 Å². The van der Waals surface area contributed by atoms with E-state index in [2.05, 4.69) is 0 Å². The predicted octanol–water partition coefficient (Wildman–Crippen LogP) is 1.00. The standard InChI is InChI=1S/C9H20NO2/c1-7-8(11)5-6-10(4,12)9(7,2)3/h7-8,11-12H,5-6H2,1-4H3/q+1. The van der Waals surface area contributed by atoms with Crippen LogP contribution in [0.1, 0.15) is 27.2 Å². The molecule has 3 atom stereocenters. The first-order valence-corrected chi connectivity index (χ1v) is 4.55. The molecule has 1 aliphatic heterocycles. The van der Waals surface area contributed by atoms with Crippen molar-refractivity contribution in [1.82, 2.24) is 0 Å². The molecule has 0 aliphatic carbocycles. The number of hydrogen-bond donors (Lipinski definition) is 2. The lowest BCUT2D eigenvalue weighted by Crippen LogP contribution is -2.66. The molecule has 3 unspecified atom stereocenters. The van der Waals surface area contributed by atoms with E-state index < -0.39 is 0 Å². The summed E-state index contributed by atoms with van der Waals surface area (Å²) in [6.07, 6.45) is 0.427. The first-order valence-electron chi connectivity index (χ1n) is 4.55. The molecule has 1 fully saturated rings. The zero-order chi connectivity index (χ0) is 9.57. The molecule has 1 saturated heterocycles. The SMILES string of the molecule is CC1C(O)CC[N+](C)(O)C1(C)C. The molecule has 0 aromatic rings. The molecule has 72 valence electrons. The van der Waals surface area contributed by atoms with E-state index in [0.717, 1.165) is 0 Å². The Morgan fingerprint density at radius 2 is 1.92 bits per heavy atom. The van der Waals surface area contributed by atoms with Gasteiger partial charge < -0.3 is 5.11 Å². The lowest BCUT2D eigenvalue weighted by Gasteiger charge is -2.49. The monoisotopic (exact) mass is 174 g/mol. The second kappa shape index (κ2) is 2.69. The van der Waals surface area contributed by atoms with Crippen molar-refractivity contribution in [3.8, 4) is 0 Å². The highest BCUT2D eigenvalue weighted by Gasteiger charge is 2.50. The summed E-state index contributed by atoms with van der Waals surface area (Å²) >= 11 is 0. The molecule has 0 bridgehead atoms. The topological polar surface area (TPSA) is 40.5 Å². The van der Waals surface area contributed by atoms with Crippen LogP contribution in [0.25, 0.3) is 0 Å². The fourth-order valence-corrected chi connectivity index (χ4v) is 1.83. The van der Waals surface area contributed by atoms with Gasteiger partial charge >= 0.3 is 0 Å². The van der Waals surface area contributed by atoms with Crippen molar-refractivity contribution in [2.24, 2.45) is 5.92 Å². The first-order chi connectivity index (χ1) is 5.29. The molecule has 0 saturated carbocycles. The molecule has 1 aliphatic rings. The average Bonchev–Trinajstić information content (AvgIpc) is 1.96. The summed E-state index contributed by atoms with van der Waals surface area (Å²) < 4.78 is 0.0191. The minimum absolute atomic E-state index is 0.0191. The van der Waals surface area contributed by atoms with E-state index in [-0.39, 0.29) is 22.2 Å². The van der Waals surface area contributed by atoms with E-state index in [9.17, 15) is 10.3 Å². The van der Waals surface area contributed by atoms with Crippen LogP contribution in [0.3, 0.4) is 0 Å². The zero-order valence-electron chi connectivity index (χ0n) is 8.41. The van der Waals surface area contributed by atoms with Crippen LogP contribution >= 0.6 is 0 Å². The van der Waals surface area contributed by atoms with Crippen molar-refractivity contribution in [2.75, 3.05) is 13.6 Å². The number of hydrogen-bond acceptors (Lipinski definition) is 2. The lowest BCUT2D eigenvalue weighted by atomic mass is 9.78. The molecular formula is C9H20NO2+. The predicted molar refractivity (Wildman–Crippen MR) is 46.7 cm³/mol. The van der Waals surface area contributed by atoms with Gasteiger partial charge in [-0.05, 0) is 13.8 Å². The third-order valence-corrected chi connectivity index (χ3v) is 3.79. The van der Waals surface area contributed by atoms with Crippen molar-refractivity contribution >= 4 is 0 Å². The maximum atomic E-state index is 10.0. The van der Waals surface area contributed by atoms with Gasteiger partial charge in [0.25, 0.3) is 0 Å². The highest BCUT2D eigenvalue weighted by Crippen LogP contribution is 2.36. The van der Waals surface area contributed by atoms with Crippen molar-refractivity contribution in [1.29, 1.82) is 0 Å². The van der Waals surface area contributed by atoms with Crippen LogP contribution in [0.5, 0.6) is 0 Å². The summed E-state index contributed by atoms with van der Waals surface area (Å²) in [6.45, 7) is 6.63. The molecule has 0 radical (unpaired) electrons. The van der Waals surface area contributed by atoms with Crippen molar-refractivity contribution in [3.63, 3.8) is 0 Å². The van der Waals surface area contributed by atoms with Crippen LogP contribution in [0, 0.1) is 5.92 Å². The van der Waals surface area contributed by atoms with Gasteiger partial charge in [-0.3, -0.25) is 0 Å². The summed E-state index contributed by atoms with van der Waals surface area (Å²) in [6, 6.07) is 0. The molecule has 3 nitrogen and oxygen atoms in total. The van der Waals surface area contributed by atoms with Crippen molar-refractivity contribution < 1.29 is 15.0 Å². The largest absolute Gasteiger partial charge is 0.392 e. The Labute approximate surface area is 74.2 Å². The van der Waals surface area contributed by atoms with Gasteiger partial charge in [-0.2, -0.15) is 4.65 Å². The van der Waals surface area contributed by atoms with Crippen molar-refractivity contribution in [2.45, 2.75) is 38.8 Å². The maximum absolute atomic E-state index is 10.0. The fraction of sp³-hybridized carbons (Fsp3) is 1.00. The maximum Gasteiger partial charge on any atom is 0.128 e. The number of aliphatic hydroxyl groups is 1. The molecule has 12 heavy (non-hydrogen) atoms. The van der Waals surface area contributed by atoms with E-state index in [1.165, 1.54) is 0 Å². The van der Waals surface area contributed by atoms with E-state index >= 15 is 0 Å². The van der Waals surface area contributed by atoms with Gasteiger partial charge in [-0.15, -0.1) is 0 Å². The Kier molecular flexibility index (Phi) is 2.23. The quantitative estimate of drug-likeness (QED) is 0.538. The number of rotatable bonds is 0. The van der Waals surface area contributed by atoms with E-state index in [1.54, 1.807) is 0 Å². The van der Waals surface area contributed by atoms with Gasteiger partial charge in [0.15, 0.2) is 0 Å². The Hall–Kier alpha value is -0.120. The number of aliphatic hydroxyl groups excluding tert-OH is 1. The number of hydroxylamine groups is 3. The molecule has 1 rings (SSSR count). The number of likely N-dealkylation sites (tertiary alicyclic amines) is 1. The Bertz CT molecular complexity index is 177. The number of quaternary nitrogens is 1. The van der Waals surface area contributed by atoms with Gasteiger partial charge in [-0.25, -0.2) is 5.21 Å². The second-order valence-corrected chi connectivity index (χ2v) is 4.66. The molecule has 1 heterocycles. The third-order valence-electron chi connectivity index (χ3n) is 3.79. The summed E-state index contributed by atoms with van der Waals surface area (Å²) in [7, 11) is 1.81. The third kappa shape index (κ3) is 1.26. The van der Waals surface area contributed by atoms with Gasteiger partial charge in [0, 0.05) is 12.3 Å². The van der Waals surface area contributed by atoms with E-state index in [0.29, 0.717) is 13.0 Å². The summed E-state index contributed by atoms with van der Waals surface area (Å²) in [5.41, 5.74) is -0.252. The average molecular weight is 174 g/mol. The van der Waals surface area contributed by atoms with Crippen LogP contribution in [-0.2, 0) is 0 Å². The van der Waals surface area contributed by atoms with Crippen LogP contribution in [0.15, 0.2) is 0 Å². The van der Waals surface area contributed by atoms with Crippen LogP contribution in [0.2, 0.25) is 0 Å². The zero-order valence-corrected chi connectivity index (χ0v) is 8.41. The molecule has 0 aromatic carbocycles. The van der Waals surface area contributed by atoms with Gasteiger partial charge in [0.1, 0.15) is 12.1 Å². The van der Waals surface area contributed by atoms with Crippen LogP contribution < -0.4 is 0 Å². The molecule has 2 N–H and O–H groups in total. The normalized spacial score (nSPS) is 47.5. The Morgan fingerprint density at radius 3 is 2.33 bits per heavy atom. The summed E-state index contributed by atoms with van der Waals surface area (Å²) in [5, 5.41) is 19.6. The molecule has 0 aromatic heterocycles. The number of nitrogens with zero attached hydrogens (tertiary/aromatic N) is 1.